The molecule has 5 heterocycles. The number of amides is 1. The first-order chi connectivity index (χ1) is 21.9. The van der Waals surface area contributed by atoms with Crippen molar-refractivity contribution < 1.29 is 18.7 Å². The normalized spacial score (nSPS) is 14.8. The van der Waals surface area contributed by atoms with Gasteiger partial charge in [0.1, 0.15) is 29.6 Å². The number of halogens is 1. The highest BCUT2D eigenvalue weighted by molar-refractivity contribution is 7.18. The SMILES string of the molecule is C=CC(=O)N1CCn2nc(-c3nc(-c4ccc5c(c4)CCN(C)C5)c4ccsc4c3-c3ccc(F)cc3OCCOC)cc2C1. The van der Waals surface area contributed by atoms with Crippen molar-refractivity contribution in [3.05, 3.63) is 89.2 Å². The van der Waals surface area contributed by atoms with Gasteiger partial charge in [-0.15, -0.1) is 11.3 Å². The number of hydrogen-bond donors (Lipinski definition) is 0. The monoisotopic (exact) mass is 623 g/mol. The number of carbonyl (C=O) groups is 1. The Hall–Kier alpha value is -4.38. The summed E-state index contributed by atoms with van der Waals surface area (Å²) in [5.74, 6) is -0.0705. The lowest BCUT2D eigenvalue weighted by Crippen LogP contribution is -2.37. The number of fused-ring (bicyclic) bond motifs is 3. The molecule has 0 unspecified atom stereocenters. The van der Waals surface area contributed by atoms with E-state index in [1.807, 2.05) is 10.7 Å². The second kappa shape index (κ2) is 12.2. The van der Waals surface area contributed by atoms with Gasteiger partial charge in [0.05, 0.1) is 31.1 Å². The Balaban J connectivity index is 1.44. The van der Waals surface area contributed by atoms with Crippen LogP contribution in [0.2, 0.25) is 0 Å². The van der Waals surface area contributed by atoms with Crippen molar-refractivity contribution in [1.29, 1.82) is 0 Å². The van der Waals surface area contributed by atoms with Crippen molar-refractivity contribution >= 4 is 27.3 Å². The summed E-state index contributed by atoms with van der Waals surface area (Å²) in [7, 11) is 3.76. The van der Waals surface area contributed by atoms with Crippen molar-refractivity contribution in [2.24, 2.45) is 0 Å². The second-order valence-electron chi connectivity index (χ2n) is 11.5. The smallest absolute Gasteiger partial charge is 0.246 e. The van der Waals surface area contributed by atoms with Crippen LogP contribution in [0.15, 0.2) is 66.6 Å². The number of rotatable bonds is 8. The molecule has 5 aromatic rings. The molecule has 0 saturated heterocycles. The summed E-state index contributed by atoms with van der Waals surface area (Å²) in [5.41, 5.74) is 8.48. The number of benzene rings is 2. The molecule has 10 heteroatoms. The number of likely N-dealkylation sites (N-methyl/N-ethyl adjacent to an activating group) is 1. The fourth-order valence-corrected chi connectivity index (χ4v) is 7.23. The summed E-state index contributed by atoms with van der Waals surface area (Å²) in [6.45, 7) is 7.80. The number of nitrogens with zero attached hydrogens (tertiary/aromatic N) is 5. The van der Waals surface area contributed by atoms with Gasteiger partial charge < -0.3 is 19.3 Å². The van der Waals surface area contributed by atoms with E-state index in [4.69, 9.17) is 19.6 Å². The third kappa shape index (κ3) is 5.54. The molecule has 0 bridgehead atoms. The lowest BCUT2D eigenvalue weighted by atomic mass is 9.93. The molecule has 0 saturated carbocycles. The lowest BCUT2D eigenvalue weighted by Gasteiger charge is -2.26. The predicted molar refractivity (Wildman–Crippen MR) is 175 cm³/mol. The third-order valence-electron chi connectivity index (χ3n) is 8.58. The zero-order valence-electron chi connectivity index (χ0n) is 25.4. The van der Waals surface area contributed by atoms with Crippen molar-refractivity contribution in [2.45, 2.75) is 26.1 Å². The quantitative estimate of drug-likeness (QED) is 0.152. The maximum atomic E-state index is 14.6. The highest BCUT2D eigenvalue weighted by atomic mass is 32.1. The molecule has 1 amide bonds. The highest BCUT2D eigenvalue weighted by Gasteiger charge is 2.27. The van der Waals surface area contributed by atoms with Gasteiger partial charge in [-0.3, -0.25) is 9.48 Å². The average Bonchev–Trinajstić information content (AvgIpc) is 3.71. The minimum atomic E-state index is -0.385. The van der Waals surface area contributed by atoms with E-state index in [2.05, 4.69) is 48.2 Å². The first-order valence-electron chi connectivity index (χ1n) is 15.1. The Bertz CT molecular complexity index is 1930. The van der Waals surface area contributed by atoms with E-state index in [-0.39, 0.29) is 18.3 Å². The van der Waals surface area contributed by atoms with E-state index in [9.17, 15) is 9.18 Å². The van der Waals surface area contributed by atoms with Crippen LogP contribution in [0.5, 0.6) is 5.75 Å². The van der Waals surface area contributed by atoms with Gasteiger partial charge in [0.25, 0.3) is 0 Å². The topological polar surface area (TPSA) is 72.7 Å². The average molecular weight is 624 g/mol. The van der Waals surface area contributed by atoms with Gasteiger partial charge in [-0.2, -0.15) is 5.10 Å². The van der Waals surface area contributed by atoms with Crippen LogP contribution < -0.4 is 4.74 Å². The summed E-state index contributed by atoms with van der Waals surface area (Å²) in [5, 5.41) is 8.10. The Morgan fingerprint density at radius 3 is 2.78 bits per heavy atom. The van der Waals surface area contributed by atoms with Crippen LogP contribution in [-0.2, 0) is 35.6 Å². The molecular weight excluding hydrogens is 589 g/mol. The summed E-state index contributed by atoms with van der Waals surface area (Å²) in [6.07, 6.45) is 2.34. The Morgan fingerprint density at radius 2 is 1.93 bits per heavy atom. The zero-order valence-corrected chi connectivity index (χ0v) is 26.2. The molecule has 8 nitrogen and oxygen atoms in total. The Morgan fingerprint density at radius 1 is 1.04 bits per heavy atom. The van der Waals surface area contributed by atoms with Gasteiger partial charge in [0.2, 0.25) is 5.91 Å². The molecule has 45 heavy (non-hydrogen) atoms. The van der Waals surface area contributed by atoms with Gasteiger partial charge in [0.15, 0.2) is 0 Å². The highest BCUT2D eigenvalue weighted by Crippen LogP contribution is 2.46. The largest absolute Gasteiger partial charge is 0.490 e. The fourth-order valence-electron chi connectivity index (χ4n) is 6.28. The maximum Gasteiger partial charge on any atom is 0.246 e. The summed E-state index contributed by atoms with van der Waals surface area (Å²) in [4.78, 5) is 21.9. The van der Waals surface area contributed by atoms with Gasteiger partial charge in [-0.25, -0.2) is 9.37 Å². The maximum absolute atomic E-state index is 14.6. The molecular formula is C35H34FN5O3S. The van der Waals surface area contributed by atoms with E-state index in [1.165, 1.54) is 29.3 Å². The lowest BCUT2D eigenvalue weighted by molar-refractivity contribution is -0.127. The second-order valence-corrected chi connectivity index (χ2v) is 12.4. The molecule has 2 aromatic carbocycles. The number of pyridine rings is 1. The zero-order chi connectivity index (χ0) is 31.1. The number of methoxy groups -OCH3 is 1. The van der Waals surface area contributed by atoms with Crippen LogP contribution in [0, 0.1) is 5.82 Å². The molecule has 0 aliphatic carbocycles. The molecule has 3 aromatic heterocycles. The summed E-state index contributed by atoms with van der Waals surface area (Å²) in [6, 6.07) is 15.4. The van der Waals surface area contributed by atoms with Crippen molar-refractivity contribution in [2.75, 3.05) is 40.5 Å². The Labute approximate surface area is 265 Å². The molecule has 0 spiro atoms. The minimum Gasteiger partial charge on any atom is -0.490 e. The standard InChI is InChI=1S/C35H34FN5O3S/c1-4-31(42)40-12-13-41-26(21-40)19-29(38-41)34-32(27-8-7-25(36)18-30(27)44-15-14-43-3)35-28(10-16-45-35)33(37-34)23-5-6-24-20-39(2)11-9-22(24)17-23/h4-8,10,16-19H,1,9,11-15,20-21H2,2-3H3. The summed E-state index contributed by atoms with van der Waals surface area (Å²) >= 11 is 1.62. The van der Waals surface area contributed by atoms with Crippen LogP contribution in [0.4, 0.5) is 4.39 Å². The van der Waals surface area contributed by atoms with Gasteiger partial charge >= 0.3 is 0 Å². The van der Waals surface area contributed by atoms with Crippen LogP contribution in [0.3, 0.4) is 0 Å². The van der Waals surface area contributed by atoms with E-state index >= 15 is 0 Å². The van der Waals surface area contributed by atoms with Crippen LogP contribution >= 0.6 is 11.3 Å². The van der Waals surface area contributed by atoms with E-state index < -0.39 is 0 Å². The molecule has 0 radical (unpaired) electrons. The van der Waals surface area contributed by atoms with Crippen LogP contribution in [0.25, 0.3) is 43.9 Å². The molecule has 2 aliphatic heterocycles. The van der Waals surface area contributed by atoms with Crippen LogP contribution in [0.1, 0.15) is 16.8 Å². The predicted octanol–water partition coefficient (Wildman–Crippen LogP) is 6.17. The van der Waals surface area contributed by atoms with E-state index in [0.29, 0.717) is 43.4 Å². The first-order valence-corrected chi connectivity index (χ1v) is 15.9. The molecule has 0 atom stereocenters. The summed E-state index contributed by atoms with van der Waals surface area (Å²) < 4.78 is 28.8. The molecule has 2 aliphatic rings. The molecule has 230 valence electrons. The molecule has 0 N–H and O–H groups in total. The van der Waals surface area contributed by atoms with Gasteiger partial charge in [-0.05, 0) is 66.4 Å². The van der Waals surface area contributed by atoms with Gasteiger partial charge in [0, 0.05) is 59.6 Å². The number of carbonyl (C=O) groups excluding carboxylic acids is 1. The van der Waals surface area contributed by atoms with E-state index in [1.54, 1.807) is 29.4 Å². The minimum absolute atomic E-state index is 0.104. The Kier molecular flexibility index (Phi) is 7.95. The van der Waals surface area contributed by atoms with Gasteiger partial charge in [-0.1, -0.05) is 18.7 Å². The number of ether oxygens (including phenoxy) is 2. The molecule has 7 rings (SSSR count). The number of hydrogen-bond acceptors (Lipinski definition) is 7. The number of aromatic nitrogens is 3. The first kappa shape index (κ1) is 29.3. The fraction of sp³-hybridized carbons (Fsp3) is 0.286. The number of thiophene rings is 1. The van der Waals surface area contributed by atoms with Crippen molar-refractivity contribution in [3.63, 3.8) is 0 Å². The van der Waals surface area contributed by atoms with Crippen molar-refractivity contribution in [3.8, 4) is 39.5 Å². The van der Waals surface area contributed by atoms with E-state index in [0.717, 1.165) is 57.7 Å². The molecule has 0 fully saturated rings. The van der Waals surface area contributed by atoms with Crippen molar-refractivity contribution in [1.82, 2.24) is 24.6 Å². The third-order valence-corrected chi connectivity index (χ3v) is 9.51. The van der Waals surface area contributed by atoms with Crippen LogP contribution in [-0.4, -0.2) is 70.9 Å².